The molecule has 0 aliphatic heterocycles. The zero-order chi connectivity index (χ0) is 12.8. The maximum absolute atomic E-state index is 11.6. The monoisotopic (exact) mass is 254 g/mol. The maximum atomic E-state index is 11.6. The van der Waals surface area contributed by atoms with Gasteiger partial charge in [-0.3, -0.25) is 4.79 Å². The summed E-state index contributed by atoms with van der Waals surface area (Å²) in [5, 5.41) is 6.71. The molecule has 0 spiro atoms. The van der Waals surface area contributed by atoms with Crippen LogP contribution in [0, 0.1) is 0 Å². The molecule has 1 rings (SSSR count). The van der Waals surface area contributed by atoms with Crippen LogP contribution < -0.4 is 10.6 Å². The number of benzene rings is 1. The first-order chi connectivity index (χ1) is 7.99. The lowest BCUT2D eigenvalue weighted by Gasteiger charge is -2.15. The summed E-state index contributed by atoms with van der Waals surface area (Å²) in [4.78, 5) is 11.6. The second kappa shape index (κ2) is 6.62. The van der Waals surface area contributed by atoms with Gasteiger partial charge in [0.1, 0.15) is 0 Å². The third-order valence-electron chi connectivity index (χ3n) is 2.42. The Hall–Kier alpha value is -1.06. The van der Waals surface area contributed by atoms with Crippen molar-refractivity contribution in [1.29, 1.82) is 0 Å². The van der Waals surface area contributed by atoms with Crippen molar-refractivity contribution in [3.05, 3.63) is 34.9 Å². The Bertz CT molecular complexity index is 362. The van der Waals surface area contributed by atoms with Gasteiger partial charge in [-0.25, -0.2) is 0 Å². The molecule has 0 aromatic heterocycles. The highest BCUT2D eigenvalue weighted by Crippen LogP contribution is 2.15. The molecule has 0 saturated carbocycles. The summed E-state index contributed by atoms with van der Waals surface area (Å²) in [6.45, 7) is 6.32. The van der Waals surface area contributed by atoms with E-state index in [2.05, 4.69) is 10.6 Å². The van der Waals surface area contributed by atoms with E-state index >= 15 is 0 Å². The predicted octanol–water partition coefficient (Wildman–Crippen LogP) is 2.52. The number of hydrogen-bond donors (Lipinski definition) is 2. The minimum atomic E-state index is -0.00581. The lowest BCUT2D eigenvalue weighted by Crippen LogP contribution is -2.37. The first-order valence-corrected chi connectivity index (χ1v) is 6.15. The maximum Gasteiger partial charge on any atom is 0.234 e. The van der Waals surface area contributed by atoms with Crippen LogP contribution >= 0.6 is 11.6 Å². The van der Waals surface area contributed by atoms with E-state index in [-0.39, 0.29) is 11.9 Å². The summed E-state index contributed by atoms with van der Waals surface area (Å²) in [6.07, 6.45) is 0. The van der Waals surface area contributed by atoms with E-state index < -0.39 is 0 Å². The first kappa shape index (κ1) is 14.0. The Balaban J connectivity index is 2.46. The van der Waals surface area contributed by atoms with Gasteiger partial charge in [0.25, 0.3) is 0 Å². The summed E-state index contributed by atoms with van der Waals surface area (Å²) >= 11 is 5.81. The largest absolute Gasteiger partial charge is 0.348 e. The van der Waals surface area contributed by atoms with Crippen molar-refractivity contribution in [3.63, 3.8) is 0 Å². The van der Waals surface area contributed by atoms with Gasteiger partial charge in [-0.2, -0.15) is 0 Å². The summed E-state index contributed by atoms with van der Waals surface area (Å²) in [5.41, 5.74) is 1.05. The van der Waals surface area contributed by atoms with E-state index in [1.165, 1.54) is 0 Å². The quantitative estimate of drug-likeness (QED) is 0.848. The molecule has 1 atom stereocenters. The Labute approximate surface area is 108 Å². The third-order valence-corrected chi connectivity index (χ3v) is 2.67. The van der Waals surface area contributed by atoms with Crippen LogP contribution in [0.25, 0.3) is 0 Å². The second-order valence-corrected chi connectivity index (χ2v) is 4.81. The Morgan fingerprint density at radius 2 is 1.82 bits per heavy atom. The number of halogens is 1. The van der Waals surface area contributed by atoms with E-state index in [9.17, 15) is 4.79 Å². The standard InChI is InChI=1S/C13H19ClN2O/c1-9(2)15-8-13(17)16-10(3)11-4-6-12(14)7-5-11/h4-7,9-10,15H,8H2,1-3H3,(H,16,17)/t10-/m1/s1. The molecule has 17 heavy (non-hydrogen) atoms. The zero-order valence-corrected chi connectivity index (χ0v) is 11.2. The fourth-order valence-corrected chi connectivity index (χ4v) is 1.55. The molecule has 4 heteroatoms. The average Bonchev–Trinajstić information content (AvgIpc) is 2.27. The van der Waals surface area contributed by atoms with Gasteiger partial charge in [-0.15, -0.1) is 0 Å². The van der Waals surface area contributed by atoms with Gasteiger partial charge >= 0.3 is 0 Å². The number of carbonyl (C=O) groups excluding carboxylic acids is 1. The van der Waals surface area contributed by atoms with Gasteiger partial charge < -0.3 is 10.6 Å². The summed E-state index contributed by atoms with van der Waals surface area (Å²) < 4.78 is 0. The molecular formula is C13H19ClN2O. The molecule has 1 aromatic rings. The molecule has 0 aliphatic carbocycles. The highest BCUT2D eigenvalue weighted by Gasteiger charge is 2.09. The summed E-state index contributed by atoms with van der Waals surface area (Å²) in [7, 11) is 0. The van der Waals surface area contributed by atoms with Crippen LogP contribution in [0.4, 0.5) is 0 Å². The van der Waals surface area contributed by atoms with E-state index in [1.807, 2.05) is 45.0 Å². The smallest absolute Gasteiger partial charge is 0.234 e. The van der Waals surface area contributed by atoms with E-state index in [4.69, 9.17) is 11.6 Å². The second-order valence-electron chi connectivity index (χ2n) is 4.38. The molecule has 1 amide bonds. The van der Waals surface area contributed by atoms with Gasteiger partial charge in [0, 0.05) is 11.1 Å². The van der Waals surface area contributed by atoms with Crippen LogP contribution in [-0.2, 0) is 4.79 Å². The van der Waals surface area contributed by atoms with Crippen LogP contribution in [0.1, 0.15) is 32.4 Å². The summed E-state index contributed by atoms with van der Waals surface area (Å²) in [6, 6.07) is 7.80. The van der Waals surface area contributed by atoms with E-state index in [1.54, 1.807) is 0 Å². The number of hydrogen-bond acceptors (Lipinski definition) is 2. The van der Waals surface area contributed by atoms with Crippen molar-refractivity contribution in [1.82, 2.24) is 10.6 Å². The number of nitrogens with one attached hydrogen (secondary N) is 2. The highest BCUT2D eigenvalue weighted by molar-refractivity contribution is 6.30. The van der Waals surface area contributed by atoms with Gasteiger partial charge in [0.15, 0.2) is 0 Å². The van der Waals surface area contributed by atoms with Gasteiger partial charge in [0.05, 0.1) is 12.6 Å². The molecule has 0 aliphatic rings. The van der Waals surface area contributed by atoms with Crippen LogP contribution in [-0.4, -0.2) is 18.5 Å². The Morgan fingerprint density at radius 1 is 1.24 bits per heavy atom. The van der Waals surface area contributed by atoms with Crippen molar-refractivity contribution in [2.45, 2.75) is 32.9 Å². The van der Waals surface area contributed by atoms with Crippen LogP contribution in [0.15, 0.2) is 24.3 Å². The molecule has 0 saturated heterocycles. The lowest BCUT2D eigenvalue weighted by molar-refractivity contribution is -0.121. The SMILES string of the molecule is CC(C)NCC(=O)N[C@H](C)c1ccc(Cl)cc1. The van der Waals surface area contributed by atoms with Crippen molar-refractivity contribution in [3.8, 4) is 0 Å². The molecule has 0 fully saturated rings. The number of amides is 1. The van der Waals surface area contributed by atoms with Crippen LogP contribution in [0.2, 0.25) is 5.02 Å². The van der Waals surface area contributed by atoms with Crippen LogP contribution in [0.3, 0.4) is 0 Å². The first-order valence-electron chi connectivity index (χ1n) is 5.77. The minimum Gasteiger partial charge on any atom is -0.348 e. The average molecular weight is 255 g/mol. The molecule has 2 N–H and O–H groups in total. The van der Waals surface area contributed by atoms with Gasteiger partial charge in [0.2, 0.25) is 5.91 Å². The summed E-state index contributed by atoms with van der Waals surface area (Å²) in [5.74, 6) is 0.00106. The minimum absolute atomic E-state index is 0.00106. The van der Waals surface area contributed by atoms with Crippen molar-refractivity contribution in [2.24, 2.45) is 0 Å². The molecule has 0 bridgehead atoms. The van der Waals surface area contributed by atoms with E-state index in [0.717, 1.165) is 5.56 Å². The fraction of sp³-hybridized carbons (Fsp3) is 0.462. The predicted molar refractivity (Wildman–Crippen MR) is 71.1 cm³/mol. The molecule has 0 heterocycles. The zero-order valence-electron chi connectivity index (χ0n) is 10.5. The van der Waals surface area contributed by atoms with Gasteiger partial charge in [-0.1, -0.05) is 37.6 Å². The number of carbonyl (C=O) groups is 1. The van der Waals surface area contributed by atoms with Gasteiger partial charge in [-0.05, 0) is 24.6 Å². The number of rotatable bonds is 5. The third kappa shape index (κ3) is 5.20. The molecule has 0 radical (unpaired) electrons. The normalized spacial score (nSPS) is 12.5. The highest BCUT2D eigenvalue weighted by atomic mass is 35.5. The van der Waals surface area contributed by atoms with Crippen LogP contribution in [0.5, 0.6) is 0 Å². The molecule has 3 nitrogen and oxygen atoms in total. The Kier molecular flexibility index (Phi) is 5.45. The lowest BCUT2D eigenvalue weighted by atomic mass is 10.1. The molecule has 1 aromatic carbocycles. The fourth-order valence-electron chi connectivity index (χ4n) is 1.42. The molecule has 94 valence electrons. The van der Waals surface area contributed by atoms with Crippen molar-refractivity contribution >= 4 is 17.5 Å². The topological polar surface area (TPSA) is 41.1 Å². The van der Waals surface area contributed by atoms with Crippen molar-refractivity contribution in [2.75, 3.05) is 6.54 Å². The van der Waals surface area contributed by atoms with Crippen molar-refractivity contribution < 1.29 is 4.79 Å². The van der Waals surface area contributed by atoms with E-state index in [0.29, 0.717) is 17.6 Å². The molecule has 0 unspecified atom stereocenters. The Morgan fingerprint density at radius 3 is 2.35 bits per heavy atom. The molecular weight excluding hydrogens is 236 g/mol.